The van der Waals surface area contributed by atoms with E-state index in [1.807, 2.05) is 6.07 Å². The molecule has 3 N–H and O–H groups in total. The third-order valence-corrected chi connectivity index (χ3v) is 7.92. The van der Waals surface area contributed by atoms with Gasteiger partial charge in [0.05, 0.1) is 6.04 Å². The summed E-state index contributed by atoms with van der Waals surface area (Å²) in [6, 6.07) is 5.61. The second-order valence-electron chi connectivity index (χ2n) is 12.1. The van der Waals surface area contributed by atoms with Gasteiger partial charge in [0.1, 0.15) is 11.6 Å². The molecule has 0 saturated heterocycles. The third kappa shape index (κ3) is 8.65. The van der Waals surface area contributed by atoms with Crippen LogP contribution in [0.25, 0.3) is 0 Å². The Morgan fingerprint density at radius 2 is 1.83 bits per heavy atom. The van der Waals surface area contributed by atoms with Crippen molar-refractivity contribution in [2.45, 2.75) is 90.4 Å². The molecule has 1 unspecified atom stereocenters. The SMILES string of the molecule is C=CC(=O)Nc1cccc(CNC(=O)[C@@H]2CC[C@@H]3CCCC[C@H](NC(=O)[C@H](C)N(C)C(=O)OC(C)(C)C)C(=O)C32)c1. The largest absolute Gasteiger partial charge is 0.444 e. The number of nitrogens with one attached hydrogen (secondary N) is 3. The number of rotatable bonds is 8. The molecular formula is C31H44N4O6. The molecule has 0 aliphatic heterocycles. The van der Waals surface area contributed by atoms with E-state index in [-0.39, 0.29) is 30.1 Å². The van der Waals surface area contributed by atoms with Crippen LogP contribution in [0.4, 0.5) is 10.5 Å². The lowest BCUT2D eigenvalue weighted by Crippen LogP contribution is -2.53. The van der Waals surface area contributed by atoms with Crippen LogP contribution in [0.15, 0.2) is 36.9 Å². The minimum absolute atomic E-state index is 0.0947. The van der Waals surface area contributed by atoms with Gasteiger partial charge in [-0.2, -0.15) is 0 Å². The predicted molar refractivity (Wildman–Crippen MR) is 156 cm³/mol. The maximum Gasteiger partial charge on any atom is 0.410 e. The molecule has 10 nitrogen and oxygen atoms in total. The van der Waals surface area contributed by atoms with E-state index < -0.39 is 41.5 Å². The minimum atomic E-state index is -0.839. The number of carbonyl (C=O) groups excluding carboxylic acids is 5. The molecule has 4 amide bonds. The van der Waals surface area contributed by atoms with Crippen molar-refractivity contribution >= 4 is 35.3 Å². The van der Waals surface area contributed by atoms with Crippen LogP contribution in [-0.2, 0) is 30.5 Å². The second kappa shape index (κ2) is 13.8. The molecule has 3 rings (SSSR count). The monoisotopic (exact) mass is 568 g/mol. The molecule has 2 fully saturated rings. The van der Waals surface area contributed by atoms with Gasteiger partial charge < -0.3 is 20.7 Å². The minimum Gasteiger partial charge on any atom is -0.444 e. The molecule has 0 heterocycles. The summed E-state index contributed by atoms with van der Waals surface area (Å²) in [4.78, 5) is 65.6. The number of hydrogen-bond acceptors (Lipinski definition) is 6. The number of benzene rings is 1. The molecule has 0 radical (unpaired) electrons. The maximum absolute atomic E-state index is 13.8. The molecular weight excluding hydrogens is 524 g/mol. The summed E-state index contributed by atoms with van der Waals surface area (Å²) in [7, 11) is 1.49. The maximum atomic E-state index is 13.8. The first-order valence-corrected chi connectivity index (χ1v) is 14.4. The fourth-order valence-electron chi connectivity index (χ4n) is 5.64. The van der Waals surface area contributed by atoms with Crippen LogP contribution < -0.4 is 16.0 Å². The van der Waals surface area contributed by atoms with Gasteiger partial charge in [-0.1, -0.05) is 31.6 Å². The number of carbonyl (C=O) groups is 5. The number of ether oxygens (including phenoxy) is 1. The van der Waals surface area contributed by atoms with Gasteiger partial charge in [0.15, 0.2) is 5.78 Å². The lowest BCUT2D eigenvalue weighted by atomic mass is 9.77. The molecule has 2 aliphatic carbocycles. The Balaban J connectivity index is 1.66. The van der Waals surface area contributed by atoms with Gasteiger partial charge in [0.25, 0.3) is 0 Å². The second-order valence-corrected chi connectivity index (χ2v) is 12.1. The van der Waals surface area contributed by atoms with Crippen LogP contribution in [0.2, 0.25) is 0 Å². The van der Waals surface area contributed by atoms with Crippen molar-refractivity contribution in [2.24, 2.45) is 17.8 Å². The number of nitrogens with zero attached hydrogens (tertiary/aromatic N) is 1. The summed E-state index contributed by atoms with van der Waals surface area (Å²) in [5.41, 5.74) is 0.712. The smallest absolute Gasteiger partial charge is 0.410 e. The van der Waals surface area contributed by atoms with Crippen molar-refractivity contribution in [3.8, 4) is 0 Å². The molecule has 2 saturated carbocycles. The molecule has 1 aromatic rings. The predicted octanol–water partition coefficient (Wildman–Crippen LogP) is 3.95. The first kappa shape index (κ1) is 31.8. The number of fused-ring (bicyclic) bond motifs is 1. The summed E-state index contributed by atoms with van der Waals surface area (Å²) < 4.78 is 5.37. The molecule has 5 atom stereocenters. The van der Waals surface area contributed by atoms with Gasteiger partial charge in [0.2, 0.25) is 17.7 Å². The highest BCUT2D eigenvalue weighted by molar-refractivity contribution is 5.99. The van der Waals surface area contributed by atoms with Crippen LogP contribution in [0.3, 0.4) is 0 Å². The number of ketones is 1. The van der Waals surface area contributed by atoms with Crippen molar-refractivity contribution in [1.29, 1.82) is 0 Å². The van der Waals surface area contributed by atoms with Gasteiger partial charge in [-0.25, -0.2) is 4.79 Å². The van der Waals surface area contributed by atoms with E-state index in [9.17, 15) is 24.0 Å². The van der Waals surface area contributed by atoms with E-state index in [1.54, 1.807) is 45.9 Å². The Hall–Kier alpha value is -3.69. The van der Waals surface area contributed by atoms with Gasteiger partial charge in [0, 0.05) is 31.1 Å². The van der Waals surface area contributed by atoms with Gasteiger partial charge in [-0.05, 0) is 83.1 Å². The number of amides is 4. The Morgan fingerprint density at radius 3 is 2.51 bits per heavy atom. The van der Waals surface area contributed by atoms with Gasteiger partial charge in [-0.3, -0.25) is 24.1 Å². The van der Waals surface area contributed by atoms with E-state index in [1.165, 1.54) is 18.0 Å². The lowest BCUT2D eigenvalue weighted by Gasteiger charge is -2.32. The van der Waals surface area contributed by atoms with Crippen LogP contribution in [0.1, 0.15) is 71.8 Å². The zero-order valence-electron chi connectivity index (χ0n) is 24.8. The highest BCUT2D eigenvalue weighted by atomic mass is 16.6. The Morgan fingerprint density at radius 1 is 1.12 bits per heavy atom. The fourth-order valence-corrected chi connectivity index (χ4v) is 5.64. The van der Waals surface area contributed by atoms with E-state index in [0.29, 0.717) is 18.5 Å². The molecule has 224 valence electrons. The van der Waals surface area contributed by atoms with E-state index in [2.05, 4.69) is 22.5 Å². The zero-order chi connectivity index (χ0) is 30.3. The van der Waals surface area contributed by atoms with Crippen LogP contribution in [0.5, 0.6) is 0 Å². The van der Waals surface area contributed by atoms with E-state index in [0.717, 1.165) is 31.2 Å². The quantitative estimate of drug-likeness (QED) is 0.407. The highest BCUT2D eigenvalue weighted by Gasteiger charge is 2.47. The molecule has 10 heteroatoms. The zero-order valence-corrected chi connectivity index (χ0v) is 24.8. The van der Waals surface area contributed by atoms with Gasteiger partial charge >= 0.3 is 6.09 Å². The third-order valence-electron chi connectivity index (χ3n) is 7.92. The molecule has 0 aromatic heterocycles. The average Bonchev–Trinajstić information content (AvgIpc) is 3.33. The molecule has 0 bridgehead atoms. The molecule has 0 spiro atoms. The fraction of sp³-hybridized carbons (Fsp3) is 0.581. The van der Waals surface area contributed by atoms with E-state index >= 15 is 0 Å². The first-order chi connectivity index (χ1) is 19.3. The van der Waals surface area contributed by atoms with Crippen molar-refractivity contribution in [3.05, 3.63) is 42.5 Å². The Kier molecular flexibility index (Phi) is 10.7. The summed E-state index contributed by atoms with van der Waals surface area (Å²) >= 11 is 0. The number of anilines is 1. The summed E-state index contributed by atoms with van der Waals surface area (Å²) in [5, 5.41) is 8.56. The lowest BCUT2D eigenvalue weighted by molar-refractivity contribution is -0.137. The normalized spacial score (nSPS) is 23.2. The average molecular weight is 569 g/mol. The van der Waals surface area contributed by atoms with Crippen LogP contribution >= 0.6 is 0 Å². The number of hydrogen-bond donors (Lipinski definition) is 3. The van der Waals surface area contributed by atoms with Crippen molar-refractivity contribution in [1.82, 2.24) is 15.5 Å². The van der Waals surface area contributed by atoms with E-state index in [4.69, 9.17) is 4.74 Å². The highest BCUT2D eigenvalue weighted by Crippen LogP contribution is 2.43. The summed E-state index contributed by atoms with van der Waals surface area (Å²) in [6.07, 6.45) is 5.06. The van der Waals surface area contributed by atoms with Crippen LogP contribution in [0, 0.1) is 17.8 Å². The summed E-state index contributed by atoms with van der Waals surface area (Å²) in [6.45, 7) is 10.6. The molecule has 1 aromatic carbocycles. The number of likely N-dealkylation sites (N-methyl/N-ethyl adjacent to an activating group) is 1. The topological polar surface area (TPSA) is 134 Å². The van der Waals surface area contributed by atoms with Crippen molar-refractivity contribution in [3.63, 3.8) is 0 Å². The van der Waals surface area contributed by atoms with Crippen LogP contribution in [-0.4, -0.2) is 59.2 Å². The first-order valence-electron chi connectivity index (χ1n) is 14.4. The number of Topliss-reactive ketones (excluding diaryl/α,β-unsaturated/α-hetero) is 1. The Labute approximate surface area is 242 Å². The molecule has 2 aliphatic rings. The summed E-state index contributed by atoms with van der Waals surface area (Å²) in [5.74, 6) is -1.91. The Bertz CT molecular complexity index is 1160. The van der Waals surface area contributed by atoms with Crippen molar-refractivity contribution < 1.29 is 28.7 Å². The standard InChI is InChI=1S/C31H44N4O6/c1-7-25(36)33-22-13-10-11-20(17-22)18-32-29(39)23-16-15-21-12-8-9-14-24(27(37)26(21)23)34-28(38)19(2)35(6)30(40)41-31(3,4)5/h7,10-11,13,17,19,21,23-24,26H,1,8-9,12,14-16,18H2,2-6H3,(H,32,39)(H,33,36)(H,34,38)/t19-,21-,23+,24-,26?/m0/s1. The van der Waals surface area contributed by atoms with Gasteiger partial charge in [-0.15, -0.1) is 0 Å². The molecule has 41 heavy (non-hydrogen) atoms. The van der Waals surface area contributed by atoms with Crippen molar-refractivity contribution in [2.75, 3.05) is 12.4 Å².